The van der Waals surface area contributed by atoms with Gasteiger partial charge in [0, 0.05) is 10.0 Å². The molecule has 0 aliphatic heterocycles. The van der Waals surface area contributed by atoms with Gasteiger partial charge in [-0.2, -0.15) is 0 Å². The molecule has 0 saturated heterocycles. The Morgan fingerprint density at radius 3 is 2.25 bits per heavy atom. The largest absolute Gasteiger partial charge is 0.307 e. The van der Waals surface area contributed by atoms with Crippen LogP contribution in [0.2, 0.25) is 0 Å². The molecule has 3 nitrogen and oxygen atoms in total. The van der Waals surface area contributed by atoms with E-state index < -0.39 is 0 Å². The summed E-state index contributed by atoms with van der Waals surface area (Å²) < 4.78 is 0.929. The Morgan fingerprint density at radius 1 is 1.10 bits per heavy atom. The van der Waals surface area contributed by atoms with Gasteiger partial charge in [-0.05, 0) is 66.9 Å². The molecule has 0 aliphatic carbocycles. The van der Waals surface area contributed by atoms with Crippen LogP contribution in [0.3, 0.4) is 0 Å². The van der Waals surface area contributed by atoms with Crippen molar-refractivity contribution in [1.82, 2.24) is 4.98 Å². The van der Waals surface area contributed by atoms with E-state index in [1.165, 1.54) is 0 Å². The second-order valence-electron chi connectivity index (χ2n) is 4.99. The maximum absolute atomic E-state index is 12.4. The fourth-order valence-corrected chi connectivity index (χ4v) is 2.55. The third-order valence-electron chi connectivity index (χ3n) is 3.17. The monoisotopic (exact) mass is 332 g/mol. The van der Waals surface area contributed by atoms with Crippen LogP contribution < -0.4 is 5.32 Å². The van der Waals surface area contributed by atoms with Crippen LogP contribution >= 0.6 is 15.9 Å². The van der Waals surface area contributed by atoms with Crippen molar-refractivity contribution in [3.8, 4) is 0 Å². The lowest BCUT2D eigenvalue weighted by Gasteiger charge is -2.12. The predicted octanol–water partition coefficient (Wildman–Crippen LogP) is 4.33. The first kappa shape index (κ1) is 14.7. The zero-order chi connectivity index (χ0) is 14.9. The third-order valence-corrected chi connectivity index (χ3v) is 4.01. The van der Waals surface area contributed by atoms with Crippen molar-refractivity contribution < 1.29 is 4.79 Å². The molecule has 1 aromatic carbocycles. The van der Waals surface area contributed by atoms with Crippen LogP contribution in [-0.2, 0) is 0 Å². The van der Waals surface area contributed by atoms with E-state index in [-0.39, 0.29) is 5.91 Å². The van der Waals surface area contributed by atoms with Crippen molar-refractivity contribution in [2.75, 3.05) is 5.32 Å². The minimum Gasteiger partial charge on any atom is -0.307 e. The molecule has 0 radical (unpaired) electrons. The van der Waals surface area contributed by atoms with Crippen LogP contribution in [0.4, 0.5) is 5.82 Å². The summed E-state index contributed by atoms with van der Waals surface area (Å²) in [4.78, 5) is 16.7. The summed E-state index contributed by atoms with van der Waals surface area (Å²) in [7, 11) is 0. The third kappa shape index (κ3) is 3.07. The summed E-state index contributed by atoms with van der Waals surface area (Å²) in [5.74, 6) is 0.448. The highest BCUT2D eigenvalue weighted by Crippen LogP contribution is 2.20. The summed E-state index contributed by atoms with van der Waals surface area (Å²) in [5.41, 5.74) is 4.69. The minimum absolute atomic E-state index is 0.116. The molecule has 0 spiro atoms. The molecule has 20 heavy (non-hydrogen) atoms. The number of benzene rings is 1. The Bertz CT molecular complexity index is 657. The molecule has 0 unspecified atom stereocenters. The number of carbonyl (C=O) groups is 1. The van der Waals surface area contributed by atoms with E-state index in [0.717, 1.165) is 32.4 Å². The molecular formula is C16H17BrN2O. The number of hydrogen-bond acceptors (Lipinski definition) is 2. The lowest BCUT2D eigenvalue weighted by Crippen LogP contribution is -2.16. The molecule has 0 atom stereocenters. The second-order valence-corrected chi connectivity index (χ2v) is 5.85. The van der Waals surface area contributed by atoms with E-state index in [1.807, 2.05) is 45.9 Å². The first-order chi connectivity index (χ1) is 9.38. The van der Waals surface area contributed by atoms with Gasteiger partial charge in [0.2, 0.25) is 0 Å². The Hall–Kier alpha value is -1.68. The summed E-state index contributed by atoms with van der Waals surface area (Å²) in [6.07, 6.45) is 0. The molecule has 0 bridgehead atoms. The normalized spacial score (nSPS) is 10.4. The highest BCUT2D eigenvalue weighted by atomic mass is 79.9. The van der Waals surface area contributed by atoms with Crippen molar-refractivity contribution in [2.45, 2.75) is 27.7 Å². The Kier molecular flexibility index (Phi) is 4.23. The quantitative estimate of drug-likeness (QED) is 0.889. The summed E-state index contributed by atoms with van der Waals surface area (Å²) in [6.45, 7) is 7.83. The standard InChI is InChI=1S/C16H17BrN2O/c1-9-7-10(2)15(11(3)8-9)16(20)19-14-6-5-13(17)12(4)18-14/h5-8H,1-4H3,(H,18,19,20). The predicted molar refractivity (Wildman–Crippen MR) is 85.3 cm³/mol. The SMILES string of the molecule is Cc1cc(C)c(C(=O)Nc2ccc(Br)c(C)n2)c(C)c1. The molecule has 1 N–H and O–H groups in total. The number of hydrogen-bond donors (Lipinski definition) is 1. The van der Waals surface area contributed by atoms with Gasteiger partial charge in [-0.1, -0.05) is 17.7 Å². The smallest absolute Gasteiger partial charge is 0.257 e. The highest BCUT2D eigenvalue weighted by molar-refractivity contribution is 9.10. The molecule has 2 aromatic rings. The average Bonchev–Trinajstić information content (AvgIpc) is 2.32. The summed E-state index contributed by atoms with van der Waals surface area (Å²) >= 11 is 3.40. The van der Waals surface area contributed by atoms with E-state index in [1.54, 1.807) is 6.07 Å². The van der Waals surface area contributed by atoms with Crippen LogP contribution in [0.25, 0.3) is 0 Å². The van der Waals surface area contributed by atoms with Gasteiger partial charge in [0.05, 0.1) is 5.69 Å². The molecule has 1 heterocycles. The van der Waals surface area contributed by atoms with E-state index in [9.17, 15) is 4.79 Å². The highest BCUT2D eigenvalue weighted by Gasteiger charge is 2.13. The molecule has 2 rings (SSSR count). The number of nitrogens with zero attached hydrogens (tertiary/aromatic N) is 1. The molecule has 0 aliphatic rings. The molecule has 1 aromatic heterocycles. The van der Waals surface area contributed by atoms with E-state index >= 15 is 0 Å². The second kappa shape index (κ2) is 5.75. The maximum Gasteiger partial charge on any atom is 0.257 e. The number of aryl methyl sites for hydroxylation is 4. The number of pyridine rings is 1. The molecule has 0 saturated carbocycles. The molecular weight excluding hydrogens is 316 g/mol. The topological polar surface area (TPSA) is 42.0 Å². The fourth-order valence-electron chi connectivity index (χ4n) is 2.33. The van der Waals surface area contributed by atoms with Crippen molar-refractivity contribution in [3.63, 3.8) is 0 Å². The number of aromatic nitrogens is 1. The zero-order valence-electron chi connectivity index (χ0n) is 12.0. The summed E-state index contributed by atoms with van der Waals surface area (Å²) in [6, 6.07) is 7.70. The van der Waals surface area contributed by atoms with Crippen molar-refractivity contribution >= 4 is 27.7 Å². The van der Waals surface area contributed by atoms with Crippen LogP contribution in [0.5, 0.6) is 0 Å². The van der Waals surface area contributed by atoms with E-state index in [0.29, 0.717) is 5.82 Å². The van der Waals surface area contributed by atoms with E-state index in [4.69, 9.17) is 0 Å². The number of rotatable bonds is 2. The first-order valence-electron chi connectivity index (χ1n) is 6.41. The van der Waals surface area contributed by atoms with Crippen LogP contribution in [0.1, 0.15) is 32.7 Å². The Morgan fingerprint density at radius 2 is 1.70 bits per heavy atom. The Labute approximate surface area is 127 Å². The average molecular weight is 333 g/mol. The van der Waals surface area contributed by atoms with Crippen LogP contribution in [0, 0.1) is 27.7 Å². The van der Waals surface area contributed by atoms with Gasteiger partial charge in [0.1, 0.15) is 5.82 Å². The molecule has 1 amide bonds. The van der Waals surface area contributed by atoms with Gasteiger partial charge < -0.3 is 5.32 Å². The summed E-state index contributed by atoms with van der Waals surface area (Å²) in [5, 5.41) is 2.86. The van der Waals surface area contributed by atoms with Crippen molar-refractivity contribution in [1.29, 1.82) is 0 Å². The van der Waals surface area contributed by atoms with Gasteiger partial charge >= 0.3 is 0 Å². The van der Waals surface area contributed by atoms with Gasteiger partial charge in [0.25, 0.3) is 5.91 Å². The van der Waals surface area contributed by atoms with Crippen molar-refractivity contribution in [3.05, 3.63) is 56.7 Å². The fraction of sp³-hybridized carbons (Fsp3) is 0.250. The van der Waals surface area contributed by atoms with E-state index in [2.05, 4.69) is 26.2 Å². The lowest BCUT2D eigenvalue weighted by molar-refractivity contribution is 0.102. The van der Waals surface area contributed by atoms with Crippen LogP contribution in [-0.4, -0.2) is 10.9 Å². The lowest BCUT2D eigenvalue weighted by atomic mass is 9.99. The number of halogens is 1. The number of carbonyl (C=O) groups excluding carboxylic acids is 1. The molecule has 4 heteroatoms. The number of nitrogens with one attached hydrogen (secondary N) is 1. The molecule has 0 fully saturated rings. The van der Waals surface area contributed by atoms with Gasteiger partial charge in [0.15, 0.2) is 0 Å². The zero-order valence-corrected chi connectivity index (χ0v) is 13.6. The van der Waals surface area contributed by atoms with Gasteiger partial charge in [-0.3, -0.25) is 4.79 Å². The van der Waals surface area contributed by atoms with Crippen LogP contribution in [0.15, 0.2) is 28.7 Å². The minimum atomic E-state index is -0.116. The van der Waals surface area contributed by atoms with Gasteiger partial charge in [-0.15, -0.1) is 0 Å². The Balaban J connectivity index is 2.31. The number of amides is 1. The van der Waals surface area contributed by atoms with Gasteiger partial charge in [-0.25, -0.2) is 4.98 Å². The molecule has 104 valence electrons. The number of anilines is 1. The maximum atomic E-state index is 12.4. The van der Waals surface area contributed by atoms with Crippen molar-refractivity contribution in [2.24, 2.45) is 0 Å². The first-order valence-corrected chi connectivity index (χ1v) is 7.20.